The molecule has 21 heavy (non-hydrogen) atoms. The molecule has 4 nitrogen and oxygen atoms in total. The summed E-state index contributed by atoms with van der Waals surface area (Å²) >= 11 is 0. The maximum atomic E-state index is 11.1. The van der Waals surface area contributed by atoms with Crippen molar-refractivity contribution in [2.45, 2.75) is 58.0 Å². The number of carboxylic acid groups (broad SMARTS) is 1. The standard InChI is InChI=1S/C17H26N2O2/c1-17(2,3)19(15-7-5-4-6-14(15)18)13-10-8-12(9-11-13)16(20)21/h4-7,12-13H,8-11,18H2,1-3H3,(H,20,21). The molecule has 0 aliphatic heterocycles. The van der Waals surface area contributed by atoms with Crippen LogP contribution in [0.15, 0.2) is 24.3 Å². The Labute approximate surface area is 126 Å². The third-order valence-electron chi connectivity index (χ3n) is 4.33. The predicted octanol–water partition coefficient (Wildman–Crippen LogP) is 3.52. The number of carbonyl (C=O) groups is 1. The van der Waals surface area contributed by atoms with Crippen LogP contribution >= 0.6 is 0 Å². The molecule has 0 amide bonds. The molecular formula is C17H26N2O2. The number of benzene rings is 1. The molecule has 1 aromatic rings. The average molecular weight is 290 g/mol. The minimum atomic E-state index is -0.657. The van der Waals surface area contributed by atoms with Crippen LogP contribution < -0.4 is 10.6 Å². The zero-order valence-corrected chi connectivity index (χ0v) is 13.2. The van der Waals surface area contributed by atoms with Crippen molar-refractivity contribution < 1.29 is 9.90 Å². The van der Waals surface area contributed by atoms with Crippen LogP contribution in [0, 0.1) is 5.92 Å². The Morgan fingerprint density at radius 3 is 2.24 bits per heavy atom. The van der Waals surface area contributed by atoms with E-state index >= 15 is 0 Å². The number of hydrogen-bond donors (Lipinski definition) is 2. The van der Waals surface area contributed by atoms with Crippen LogP contribution in [0.25, 0.3) is 0 Å². The van der Waals surface area contributed by atoms with Crippen molar-refractivity contribution in [3.05, 3.63) is 24.3 Å². The molecule has 0 heterocycles. The summed E-state index contributed by atoms with van der Waals surface area (Å²) in [6.45, 7) is 6.55. The predicted molar refractivity (Wildman–Crippen MR) is 86.5 cm³/mol. The molecule has 0 aromatic heterocycles. The summed E-state index contributed by atoms with van der Waals surface area (Å²) in [6, 6.07) is 8.29. The first-order valence-electron chi connectivity index (χ1n) is 7.67. The zero-order valence-electron chi connectivity index (χ0n) is 13.2. The van der Waals surface area contributed by atoms with E-state index in [0.717, 1.165) is 37.1 Å². The van der Waals surface area contributed by atoms with Gasteiger partial charge in [-0.1, -0.05) is 12.1 Å². The van der Waals surface area contributed by atoms with Crippen LogP contribution in [0.4, 0.5) is 11.4 Å². The molecule has 3 N–H and O–H groups in total. The van der Waals surface area contributed by atoms with Crippen LogP contribution in [-0.2, 0) is 4.79 Å². The molecule has 1 aromatic carbocycles. The van der Waals surface area contributed by atoms with Crippen molar-refractivity contribution in [2.75, 3.05) is 10.6 Å². The SMILES string of the molecule is CC(C)(C)N(c1ccccc1N)C1CCC(C(=O)O)CC1. The van der Waals surface area contributed by atoms with Gasteiger partial charge in [0.25, 0.3) is 0 Å². The number of nitrogens with zero attached hydrogens (tertiary/aromatic N) is 1. The second-order valence-corrected chi connectivity index (χ2v) is 6.94. The van der Waals surface area contributed by atoms with Gasteiger partial charge in [-0.2, -0.15) is 0 Å². The molecule has 4 heteroatoms. The molecular weight excluding hydrogens is 264 g/mol. The highest BCUT2D eigenvalue weighted by Gasteiger charge is 2.34. The van der Waals surface area contributed by atoms with Crippen molar-refractivity contribution in [1.29, 1.82) is 0 Å². The molecule has 0 radical (unpaired) electrons. The van der Waals surface area contributed by atoms with E-state index in [-0.39, 0.29) is 11.5 Å². The molecule has 0 unspecified atom stereocenters. The van der Waals surface area contributed by atoms with E-state index in [0.29, 0.717) is 6.04 Å². The van der Waals surface area contributed by atoms with Crippen LogP contribution in [0.3, 0.4) is 0 Å². The summed E-state index contributed by atoms with van der Waals surface area (Å²) in [5.41, 5.74) is 7.96. The summed E-state index contributed by atoms with van der Waals surface area (Å²) in [5, 5.41) is 9.15. The Kier molecular flexibility index (Phi) is 4.45. The average Bonchev–Trinajstić information content (AvgIpc) is 2.40. The van der Waals surface area contributed by atoms with E-state index in [1.165, 1.54) is 0 Å². The molecule has 2 rings (SSSR count). The van der Waals surface area contributed by atoms with Gasteiger partial charge in [0.1, 0.15) is 0 Å². The second kappa shape index (κ2) is 5.96. The minimum Gasteiger partial charge on any atom is -0.481 e. The maximum absolute atomic E-state index is 11.1. The number of para-hydroxylation sites is 2. The number of nitrogens with two attached hydrogens (primary N) is 1. The largest absolute Gasteiger partial charge is 0.481 e. The second-order valence-electron chi connectivity index (χ2n) is 6.94. The molecule has 0 saturated heterocycles. The van der Waals surface area contributed by atoms with Crippen LogP contribution in [-0.4, -0.2) is 22.7 Å². The van der Waals surface area contributed by atoms with Crippen LogP contribution in [0.2, 0.25) is 0 Å². The molecule has 0 bridgehead atoms. The Bertz CT molecular complexity index is 500. The maximum Gasteiger partial charge on any atom is 0.306 e. The summed E-state index contributed by atoms with van der Waals surface area (Å²) in [6.07, 6.45) is 3.31. The number of rotatable bonds is 3. The number of aliphatic carboxylic acids is 1. The lowest BCUT2D eigenvalue weighted by molar-refractivity contribution is -0.142. The minimum absolute atomic E-state index is 0.0454. The van der Waals surface area contributed by atoms with Gasteiger partial charge >= 0.3 is 5.97 Å². The van der Waals surface area contributed by atoms with Gasteiger partial charge in [0.05, 0.1) is 17.3 Å². The van der Waals surface area contributed by atoms with Crippen molar-refractivity contribution in [1.82, 2.24) is 0 Å². The topological polar surface area (TPSA) is 66.6 Å². The number of carboxylic acids is 1. The lowest BCUT2D eigenvalue weighted by Crippen LogP contribution is -2.50. The first-order valence-corrected chi connectivity index (χ1v) is 7.67. The lowest BCUT2D eigenvalue weighted by Gasteiger charge is -2.46. The quantitative estimate of drug-likeness (QED) is 0.836. The van der Waals surface area contributed by atoms with E-state index in [1.807, 2.05) is 18.2 Å². The van der Waals surface area contributed by atoms with Gasteiger partial charge in [-0.05, 0) is 58.6 Å². The van der Waals surface area contributed by atoms with Crippen molar-refractivity contribution in [3.63, 3.8) is 0 Å². The van der Waals surface area contributed by atoms with E-state index < -0.39 is 5.97 Å². The van der Waals surface area contributed by atoms with Gasteiger partial charge < -0.3 is 15.7 Å². The Balaban J connectivity index is 2.23. The first kappa shape index (κ1) is 15.7. The molecule has 1 fully saturated rings. The number of anilines is 2. The van der Waals surface area contributed by atoms with Crippen molar-refractivity contribution >= 4 is 17.3 Å². The van der Waals surface area contributed by atoms with Crippen molar-refractivity contribution in [3.8, 4) is 0 Å². The Morgan fingerprint density at radius 2 is 1.76 bits per heavy atom. The molecule has 0 spiro atoms. The Morgan fingerprint density at radius 1 is 1.19 bits per heavy atom. The van der Waals surface area contributed by atoms with E-state index in [2.05, 4.69) is 31.7 Å². The third kappa shape index (κ3) is 3.49. The van der Waals surface area contributed by atoms with Crippen LogP contribution in [0.1, 0.15) is 46.5 Å². The summed E-state index contributed by atoms with van der Waals surface area (Å²) in [4.78, 5) is 13.5. The lowest BCUT2D eigenvalue weighted by atomic mass is 9.83. The summed E-state index contributed by atoms with van der Waals surface area (Å²) in [5.74, 6) is -0.842. The highest BCUT2D eigenvalue weighted by molar-refractivity contribution is 5.71. The summed E-state index contributed by atoms with van der Waals surface area (Å²) < 4.78 is 0. The fourth-order valence-corrected chi connectivity index (χ4v) is 3.39. The van der Waals surface area contributed by atoms with Crippen molar-refractivity contribution in [2.24, 2.45) is 5.92 Å². The Hall–Kier alpha value is -1.71. The van der Waals surface area contributed by atoms with E-state index in [9.17, 15) is 4.79 Å². The smallest absolute Gasteiger partial charge is 0.306 e. The molecule has 1 aliphatic rings. The third-order valence-corrected chi connectivity index (χ3v) is 4.33. The van der Waals surface area contributed by atoms with Gasteiger partial charge in [0, 0.05) is 11.6 Å². The van der Waals surface area contributed by atoms with Gasteiger partial charge in [-0.3, -0.25) is 4.79 Å². The fraction of sp³-hybridized carbons (Fsp3) is 0.588. The number of nitrogen functional groups attached to an aromatic ring is 1. The summed E-state index contributed by atoms with van der Waals surface area (Å²) in [7, 11) is 0. The van der Waals surface area contributed by atoms with Crippen LogP contribution in [0.5, 0.6) is 0 Å². The highest BCUT2D eigenvalue weighted by Crippen LogP contribution is 2.37. The van der Waals surface area contributed by atoms with E-state index in [4.69, 9.17) is 10.8 Å². The van der Waals surface area contributed by atoms with Gasteiger partial charge in [-0.15, -0.1) is 0 Å². The monoisotopic (exact) mass is 290 g/mol. The first-order chi connectivity index (χ1) is 9.80. The van der Waals surface area contributed by atoms with Gasteiger partial charge in [0.2, 0.25) is 0 Å². The number of hydrogen-bond acceptors (Lipinski definition) is 3. The molecule has 1 saturated carbocycles. The van der Waals surface area contributed by atoms with E-state index in [1.54, 1.807) is 0 Å². The molecule has 116 valence electrons. The zero-order chi connectivity index (χ0) is 15.6. The molecule has 1 aliphatic carbocycles. The highest BCUT2D eigenvalue weighted by atomic mass is 16.4. The normalized spacial score (nSPS) is 22.8. The molecule has 0 atom stereocenters. The fourth-order valence-electron chi connectivity index (χ4n) is 3.39. The van der Waals surface area contributed by atoms with Gasteiger partial charge in [-0.25, -0.2) is 0 Å². The van der Waals surface area contributed by atoms with Gasteiger partial charge in [0.15, 0.2) is 0 Å².